The minimum absolute atomic E-state index is 0.0619. The maximum Gasteiger partial charge on any atom is 0.261 e. The van der Waals surface area contributed by atoms with Gasteiger partial charge in [0.15, 0.2) is 11.5 Å². The van der Waals surface area contributed by atoms with Gasteiger partial charge in [-0.05, 0) is 36.8 Å². The predicted molar refractivity (Wildman–Crippen MR) is 105 cm³/mol. The first-order valence-electron chi connectivity index (χ1n) is 8.24. The zero-order valence-corrected chi connectivity index (χ0v) is 16.7. The third kappa shape index (κ3) is 3.98. The number of hydrogen-bond donors (Lipinski definition) is 2. The highest BCUT2D eigenvalue weighted by atomic mass is 32.2. The van der Waals surface area contributed by atoms with Crippen LogP contribution in [0.5, 0.6) is 11.5 Å². The molecule has 1 heterocycles. The van der Waals surface area contributed by atoms with Crippen molar-refractivity contribution in [2.45, 2.75) is 28.4 Å². The molecule has 1 aliphatic rings. The Morgan fingerprint density at radius 3 is 2.52 bits per heavy atom. The van der Waals surface area contributed by atoms with Crippen molar-refractivity contribution in [3.8, 4) is 11.5 Å². The van der Waals surface area contributed by atoms with E-state index in [-0.39, 0.29) is 16.1 Å². The molecule has 0 fully saturated rings. The molecule has 0 unspecified atom stereocenters. The molecule has 0 spiro atoms. The lowest BCUT2D eigenvalue weighted by molar-refractivity contribution is -0.115. The monoisotopic (exact) mass is 408 g/mol. The van der Waals surface area contributed by atoms with Crippen LogP contribution in [0.3, 0.4) is 0 Å². The number of hydrogen-bond acceptors (Lipinski definition) is 6. The lowest BCUT2D eigenvalue weighted by Gasteiger charge is -2.23. The summed E-state index contributed by atoms with van der Waals surface area (Å²) in [5.41, 5.74) is 0.847. The number of rotatable bonds is 6. The van der Waals surface area contributed by atoms with Crippen LogP contribution in [0.15, 0.2) is 46.2 Å². The highest BCUT2D eigenvalue weighted by Gasteiger charge is 2.27. The SMILES string of the molecule is CC[C@H]1Sc2ccc(S(=O)(=O)Nc3ccc(OC)c(OC)c3)cc2NC1=O. The number of ether oxygens (including phenoxy) is 2. The molecule has 0 radical (unpaired) electrons. The molecule has 1 amide bonds. The number of fused-ring (bicyclic) bond motifs is 1. The number of amides is 1. The van der Waals surface area contributed by atoms with Gasteiger partial charge in [0.1, 0.15) is 0 Å². The molecule has 1 aliphatic heterocycles. The summed E-state index contributed by atoms with van der Waals surface area (Å²) in [5, 5.41) is 2.62. The average Bonchev–Trinajstić information content (AvgIpc) is 2.66. The van der Waals surface area contributed by atoms with E-state index in [2.05, 4.69) is 10.0 Å². The predicted octanol–water partition coefficient (Wildman–Crippen LogP) is 3.33. The smallest absolute Gasteiger partial charge is 0.261 e. The number of carbonyl (C=O) groups excluding carboxylic acids is 1. The second kappa shape index (κ2) is 7.69. The van der Waals surface area contributed by atoms with Crippen molar-refractivity contribution in [1.29, 1.82) is 0 Å². The molecule has 0 aromatic heterocycles. The zero-order valence-electron chi connectivity index (χ0n) is 15.1. The Kier molecular flexibility index (Phi) is 5.52. The molecule has 0 saturated carbocycles. The first-order valence-corrected chi connectivity index (χ1v) is 10.6. The fourth-order valence-electron chi connectivity index (χ4n) is 2.68. The van der Waals surface area contributed by atoms with Crippen LogP contribution >= 0.6 is 11.8 Å². The minimum atomic E-state index is -3.83. The molecule has 0 aliphatic carbocycles. The van der Waals surface area contributed by atoms with E-state index < -0.39 is 10.0 Å². The maximum atomic E-state index is 12.7. The highest BCUT2D eigenvalue weighted by Crippen LogP contribution is 2.38. The Morgan fingerprint density at radius 1 is 1.11 bits per heavy atom. The molecule has 0 saturated heterocycles. The van der Waals surface area contributed by atoms with Gasteiger partial charge in [-0.1, -0.05) is 6.92 Å². The summed E-state index contributed by atoms with van der Waals surface area (Å²) in [6.45, 7) is 1.94. The van der Waals surface area contributed by atoms with E-state index in [1.54, 1.807) is 18.2 Å². The molecule has 3 rings (SSSR count). The number of nitrogens with one attached hydrogen (secondary N) is 2. The molecule has 7 nitrogen and oxygen atoms in total. The van der Waals surface area contributed by atoms with Crippen LogP contribution < -0.4 is 19.5 Å². The number of benzene rings is 2. The Morgan fingerprint density at radius 2 is 1.85 bits per heavy atom. The van der Waals surface area contributed by atoms with Crippen molar-refractivity contribution >= 4 is 39.1 Å². The standard InChI is InChI=1S/C18H20N2O5S2/c1-4-16-18(21)19-13-10-12(6-8-17(13)26-16)27(22,23)20-11-5-7-14(24-2)15(9-11)25-3/h5-10,16,20H,4H2,1-3H3,(H,19,21)/t16-/m1/s1. The van der Waals surface area contributed by atoms with Gasteiger partial charge in [0.05, 0.1) is 35.7 Å². The summed E-state index contributed by atoms with van der Waals surface area (Å²) in [6, 6.07) is 9.45. The number of methoxy groups -OCH3 is 2. The van der Waals surface area contributed by atoms with E-state index in [0.29, 0.717) is 29.3 Å². The molecule has 2 aromatic rings. The van der Waals surface area contributed by atoms with E-state index >= 15 is 0 Å². The summed E-state index contributed by atoms with van der Waals surface area (Å²) >= 11 is 1.44. The summed E-state index contributed by atoms with van der Waals surface area (Å²) in [7, 11) is -0.855. The molecule has 27 heavy (non-hydrogen) atoms. The average molecular weight is 409 g/mol. The fourth-order valence-corrected chi connectivity index (χ4v) is 4.78. The van der Waals surface area contributed by atoms with Crippen LogP contribution in [0.25, 0.3) is 0 Å². The fraction of sp³-hybridized carbons (Fsp3) is 0.278. The summed E-state index contributed by atoms with van der Waals surface area (Å²) in [4.78, 5) is 13.0. The quantitative estimate of drug-likeness (QED) is 0.762. The van der Waals surface area contributed by atoms with Crippen molar-refractivity contribution in [1.82, 2.24) is 0 Å². The van der Waals surface area contributed by atoms with Crippen LogP contribution in [-0.4, -0.2) is 33.8 Å². The van der Waals surface area contributed by atoms with Gasteiger partial charge in [-0.15, -0.1) is 11.8 Å². The molecule has 0 bridgehead atoms. The van der Waals surface area contributed by atoms with Gasteiger partial charge in [-0.3, -0.25) is 9.52 Å². The molecule has 9 heteroatoms. The van der Waals surface area contributed by atoms with Gasteiger partial charge in [0, 0.05) is 11.0 Å². The number of carbonyl (C=O) groups is 1. The van der Waals surface area contributed by atoms with Crippen LogP contribution in [-0.2, 0) is 14.8 Å². The van der Waals surface area contributed by atoms with E-state index in [1.807, 2.05) is 6.92 Å². The molecular formula is C18H20N2O5S2. The Labute approximate surface area is 162 Å². The maximum absolute atomic E-state index is 12.7. The number of anilines is 2. The molecule has 2 aromatic carbocycles. The summed E-state index contributed by atoms with van der Waals surface area (Å²) < 4.78 is 38.3. The first-order chi connectivity index (χ1) is 12.9. The third-order valence-corrected chi connectivity index (χ3v) is 6.91. The third-order valence-electron chi connectivity index (χ3n) is 4.09. The lowest BCUT2D eigenvalue weighted by atomic mass is 10.2. The topological polar surface area (TPSA) is 93.7 Å². The first kappa shape index (κ1) is 19.4. The lowest BCUT2D eigenvalue weighted by Crippen LogP contribution is -2.28. The summed E-state index contributed by atoms with van der Waals surface area (Å²) in [6.07, 6.45) is 0.705. The molecule has 1 atom stereocenters. The normalized spacial score (nSPS) is 16.3. The Hall–Kier alpha value is -2.39. The Balaban J connectivity index is 1.88. The van der Waals surface area contributed by atoms with Crippen LogP contribution in [0, 0.1) is 0 Å². The molecule has 144 valence electrons. The van der Waals surface area contributed by atoms with Crippen LogP contribution in [0.2, 0.25) is 0 Å². The van der Waals surface area contributed by atoms with Crippen molar-refractivity contribution in [2.24, 2.45) is 0 Å². The second-order valence-corrected chi connectivity index (χ2v) is 8.76. The number of thioether (sulfide) groups is 1. The summed E-state index contributed by atoms with van der Waals surface area (Å²) in [5.74, 6) is 0.800. The van der Waals surface area contributed by atoms with E-state index in [9.17, 15) is 13.2 Å². The van der Waals surface area contributed by atoms with E-state index in [1.165, 1.54) is 44.2 Å². The van der Waals surface area contributed by atoms with Crippen molar-refractivity contribution in [2.75, 3.05) is 24.3 Å². The largest absolute Gasteiger partial charge is 0.493 e. The van der Waals surface area contributed by atoms with Crippen LogP contribution in [0.1, 0.15) is 13.3 Å². The highest BCUT2D eigenvalue weighted by molar-refractivity contribution is 8.01. The second-order valence-electron chi connectivity index (χ2n) is 5.84. The van der Waals surface area contributed by atoms with Gasteiger partial charge in [0.2, 0.25) is 5.91 Å². The van der Waals surface area contributed by atoms with E-state index in [4.69, 9.17) is 9.47 Å². The van der Waals surface area contributed by atoms with Gasteiger partial charge < -0.3 is 14.8 Å². The van der Waals surface area contributed by atoms with Gasteiger partial charge in [-0.2, -0.15) is 0 Å². The van der Waals surface area contributed by atoms with E-state index in [0.717, 1.165) is 4.90 Å². The zero-order chi connectivity index (χ0) is 19.6. The van der Waals surface area contributed by atoms with Crippen molar-refractivity contribution < 1.29 is 22.7 Å². The minimum Gasteiger partial charge on any atom is -0.493 e. The van der Waals surface area contributed by atoms with Crippen molar-refractivity contribution in [3.63, 3.8) is 0 Å². The number of sulfonamides is 1. The molecular weight excluding hydrogens is 388 g/mol. The van der Waals surface area contributed by atoms with Gasteiger partial charge in [-0.25, -0.2) is 8.42 Å². The van der Waals surface area contributed by atoms with Crippen molar-refractivity contribution in [3.05, 3.63) is 36.4 Å². The van der Waals surface area contributed by atoms with Gasteiger partial charge >= 0.3 is 0 Å². The Bertz CT molecular complexity index is 976. The van der Waals surface area contributed by atoms with Gasteiger partial charge in [0.25, 0.3) is 10.0 Å². The molecule has 2 N–H and O–H groups in total. The van der Waals surface area contributed by atoms with Crippen LogP contribution in [0.4, 0.5) is 11.4 Å².